The minimum absolute atomic E-state index is 0.286. The van der Waals surface area contributed by atoms with Gasteiger partial charge in [0.15, 0.2) is 0 Å². The van der Waals surface area contributed by atoms with Crippen LogP contribution in [0.5, 0.6) is 0 Å². The molecule has 0 bridgehead atoms. The van der Waals surface area contributed by atoms with Gasteiger partial charge < -0.3 is 9.30 Å². The van der Waals surface area contributed by atoms with E-state index in [4.69, 9.17) is 10.00 Å². The largest absolute Gasteiger partial charge is 0.469 e. The minimum atomic E-state index is -0.379. The number of para-hydroxylation sites is 1. The van der Waals surface area contributed by atoms with E-state index >= 15 is 0 Å². The topological polar surface area (TPSA) is 55.0 Å². The lowest BCUT2D eigenvalue weighted by Gasteiger charge is -2.12. The first-order valence-corrected chi connectivity index (χ1v) is 6.17. The Kier molecular flexibility index (Phi) is 3.86. The Balaban J connectivity index is 2.50. The fourth-order valence-electron chi connectivity index (χ4n) is 2.40. The first-order valence-electron chi connectivity index (χ1n) is 6.17. The van der Waals surface area contributed by atoms with Crippen LogP contribution in [-0.4, -0.2) is 17.6 Å². The van der Waals surface area contributed by atoms with Crippen molar-refractivity contribution in [2.45, 2.75) is 18.8 Å². The van der Waals surface area contributed by atoms with E-state index in [-0.39, 0.29) is 11.9 Å². The summed E-state index contributed by atoms with van der Waals surface area (Å²) in [5.41, 5.74) is 2.00. The molecule has 19 heavy (non-hydrogen) atoms. The van der Waals surface area contributed by atoms with Crippen molar-refractivity contribution >= 4 is 16.9 Å². The second-order valence-electron chi connectivity index (χ2n) is 4.49. The van der Waals surface area contributed by atoms with Crippen LogP contribution in [0.4, 0.5) is 0 Å². The molecule has 0 radical (unpaired) electrons. The summed E-state index contributed by atoms with van der Waals surface area (Å²) in [5, 5.41) is 9.77. The molecule has 0 N–H and O–H groups in total. The number of benzene rings is 1. The molecule has 4 nitrogen and oxygen atoms in total. The Morgan fingerprint density at radius 3 is 2.89 bits per heavy atom. The Labute approximate surface area is 112 Å². The SMILES string of the molecule is COC(=O)C(CCC#N)c1cn(C)c2ccccc12. The molecule has 0 aliphatic carbocycles. The molecule has 0 amide bonds. The number of nitriles is 1. The number of esters is 1. The van der Waals surface area contributed by atoms with Crippen LogP contribution in [0.2, 0.25) is 0 Å². The van der Waals surface area contributed by atoms with E-state index in [1.54, 1.807) is 0 Å². The number of aryl methyl sites for hydroxylation is 1. The van der Waals surface area contributed by atoms with Crippen LogP contribution in [0, 0.1) is 11.3 Å². The average molecular weight is 256 g/mol. The summed E-state index contributed by atoms with van der Waals surface area (Å²) < 4.78 is 6.86. The molecule has 1 heterocycles. The molecule has 98 valence electrons. The van der Waals surface area contributed by atoms with Crippen molar-refractivity contribution in [1.82, 2.24) is 4.57 Å². The van der Waals surface area contributed by atoms with E-state index < -0.39 is 0 Å². The predicted octanol–water partition coefficient (Wildman–Crippen LogP) is 2.74. The van der Waals surface area contributed by atoms with Crippen molar-refractivity contribution in [1.29, 1.82) is 5.26 Å². The quantitative estimate of drug-likeness (QED) is 0.790. The Morgan fingerprint density at radius 1 is 1.47 bits per heavy atom. The maximum atomic E-state index is 11.9. The monoisotopic (exact) mass is 256 g/mol. The third-order valence-corrected chi connectivity index (χ3v) is 3.33. The van der Waals surface area contributed by atoms with Crippen LogP contribution in [0.3, 0.4) is 0 Å². The molecular weight excluding hydrogens is 240 g/mol. The van der Waals surface area contributed by atoms with Crippen LogP contribution in [0.1, 0.15) is 24.3 Å². The van der Waals surface area contributed by atoms with Crippen molar-refractivity contribution in [3.05, 3.63) is 36.0 Å². The summed E-state index contributed by atoms with van der Waals surface area (Å²) in [5.74, 6) is -0.664. The standard InChI is InChI=1S/C15H16N2O2/c1-17-10-13(11-6-3-4-8-14(11)17)12(7-5-9-16)15(18)19-2/h3-4,6,8,10,12H,5,7H2,1-2H3. The molecule has 0 saturated heterocycles. The number of hydrogen-bond donors (Lipinski definition) is 0. The Bertz CT molecular complexity index is 637. The van der Waals surface area contributed by atoms with E-state index in [9.17, 15) is 4.79 Å². The predicted molar refractivity (Wildman–Crippen MR) is 72.5 cm³/mol. The molecule has 0 saturated carbocycles. The van der Waals surface area contributed by atoms with Crippen molar-refractivity contribution < 1.29 is 9.53 Å². The summed E-state index contributed by atoms with van der Waals surface area (Å²) in [7, 11) is 3.33. The van der Waals surface area contributed by atoms with Crippen molar-refractivity contribution in [2.24, 2.45) is 7.05 Å². The molecule has 2 rings (SSSR count). The first-order chi connectivity index (χ1) is 9.19. The molecular formula is C15H16N2O2. The molecule has 1 aromatic heterocycles. The van der Waals surface area contributed by atoms with Crippen LogP contribution < -0.4 is 0 Å². The maximum Gasteiger partial charge on any atom is 0.313 e. The van der Waals surface area contributed by atoms with E-state index in [0.29, 0.717) is 12.8 Å². The highest BCUT2D eigenvalue weighted by molar-refractivity contribution is 5.90. The number of carbonyl (C=O) groups is 1. The number of hydrogen-bond acceptors (Lipinski definition) is 3. The molecule has 1 unspecified atom stereocenters. The van der Waals surface area contributed by atoms with Gasteiger partial charge in [0.05, 0.1) is 19.1 Å². The smallest absolute Gasteiger partial charge is 0.313 e. The minimum Gasteiger partial charge on any atom is -0.469 e. The number of ether oxygens (including phenoxy) is 1. The Hall–Kier alpha value is -2.28. The highest BCUT2D eigenvalue weighted by atomic mass is 16.5. The van der Waals surface area contributed by atoms with Crippen LogP contribution in [-0.2, 0) is 16.6 Å². The van der Waals surface area contributed by atoms with Crippen molar-refractivity contribution in [3.63, 3.8) is 0 Å². The number of carbonyl (C=O) groups excluding carboxylic acids is 1. The van der Waals surface area contributed by atoms with Gasteiger partial charge in [-0.1, -0.05) is 18.2 Å². The number of rotatable bonds is 4. The molecule has 1 atom stereocenters. The van der Waals surface area contributed by atoms with Gasteiger partial charge in [0, 0.05) is 30.6 Å². The molecule has 4 heteroatoms. The number of methoxy groups -OCH3 is 1. The summed E-state index contributed by atoms with van der Waals surface area (Å²) >= 11 is 0. The normalized spacial score (nSPS) is 12.1. The van der Waals surface area contributed by atoms with Crippen molar-refractivity contribution in [2.75, 3.05) is 7.11 Å². The van der Waals surface area contributed by atoms with Crippen LogP contribution in [0.15, 0.2) is 30.5 Å². The van der Waals surface area contributed by atoms with Gasteiger partial charge in [0.1, 0.15) is 0 Å². The van der Waals surface area contributed by atoms with Gasteiger partial charge in [-0.2, -0.15) is 5.26 Å². The number of aromatic nitrogens is 1. The molecule has 0 aliphatic rings. The maximum absolute atomic E-state index is 11.9. The van der Waals surface area contributed by atoms with Gasteiger partial charge in [-0.05, 0) is 18.1 Å². The summed E-state index contributed by atoms with van der Waals surface area (Å²) in [6, 6.07) is 10.0. The van der Waals surface area contributed by atoms with E-state index in [2.05, 4.69) is 6.07 Å². The lowest BCUT2D eigenvalue weighted by atomic mass is 9.94. The number of nitrogens with zero attached hydrogens (tertiary/aromatic N) is 2. The van der Waals surface area contributed by atoms with Crippen LogP contribution >= 0.6 is 0 Å². The van der Waals surface area contributed by atoms with Gasteiger partial charge in [-0.3, -0.25) is 4.79 Å². The molecule has 0 aliphatic heterocycles. The summed E-state index contributed by atoms with van der Waals surface area (Å²) in [6.07, 6.45) is 2.77. The van der Waals surface area contributed by atoms with Gasteiger partial charge in [-0.15, -0.1) is 0 Å². The highest BCUT2D eigenvalue weighted by Crippen LogP contribution is 2.30. The second kappa shape index (κ2) is 5.57. The van der Waals surface area contributed by atoms with Gasteiger partial charge in [0.2, 0.25) is 0 Å². The second-order valence-corrected chi connectivity index (χ2v) is 4.49. The third-order valence-electron chi connectivity index (χ3n) is 3.33. The van der Waals surface area contributed by atoms with Gasteiger partial charge in [0.25, 0.3) is 0 Å². The first kappa shape index (κ1) is 13.2. The van der Waals surface area contributed by atoms with E-state index in [1.165, 1.54) is 7.11 Å². The average Bonchev–Trinajstić information content (AvgIpc) is 2.77. The lowest BCUT2D eigenvalue weighted by molar-refractivity contribution is -0.142. The highest BCUT2D eigenvalue weighted by Gasteiger charge is 2.24. The zero-order valence-corrected chi connectivity index (χ0v) is 11.1. The Morgan fingerprint density at radius 2 is 2.21 bits per heavy atom. The zero-order chi connectivity index (χ0) is 13.8. The van der Waals surface area contributed by atoms with Crippen molar-refractivity contribution in [3.8, 4) is 6.07 Å². The molecule has 0 spiro atoms. The third kappa shape index (κ3) is 2.45. The number of fused-ring (bicyclic) bond motifs is 1. The lowest BCUT2D eigenvalue weighted by Crippen LogP contribution is -2.14. The molecule has 0 fully saturated rings. The fraction of sp³-hybridized carbons (Fsp3) is 0.333. The van der Waals surface area contributed by atoms with Crippen LogP contribution in [0.25, 0.3) is 10.9 Å². The van der Waals surface area contributed by atoms with Gasteiger partial charge >= 0.3 is 5.97 Å². The summed E-state index contributed by atoms with van der Waals surface area (Å²) in [6.45, 7) is 0. The van der Waals surface area contributed by atoms with E-state index in [1.807, 2.05) is 42.1 Å². The van der Waals surface area contributed by atoms with E-state index in [0.717, 1.165) is 16.5 Å². The summed E-state index contributed by atoms with van der Waals surface area (Å²) in [4.78, 5) is 11.9. The zero-order valence-electron chi connectivity index (χ0n) is 11.1. The fourth-order valence-corrected chi connectivity index (χ4v) is 2.40. The molecule has 2 aromatic rings. The van der Waals surface area contributed by atoms with Gasteiger partial charge in [-0.25, -0.2) is 0 Å². The molecule has 1 aromatic carbocycles.